The summed E-state index contributed by atoms with van der Waals surface area (Å²) < 4.78 is 17.3. The van der Waals surface area contributed by atoms with Gasteiger partial charge in [-0.2, -0.15) is 0 Å². The van der Waals surface area contributed by atoms with Crippen LogP contribution in [0, 0.1) is 5.82 Å². The van der Waals surface area contributed by atoms with Crippen molar-refractivity contribution in [3.63, 3.8) is 0 Å². The highest BCUT2D eigenvalue weighted by atomic mass is 35.5. The zero-order valence-electron chi connectivity index (χ0n) is 8.17. The number of esters is 1. The SMILES string of the molecule is COC(=O)C(N)Cc1cc(F)ccc1Cl. The normalized spacial score (nSPS) is 12.3. The van der Waals surface area contributed by atoms with Crippen molar-refractivity contribution in [1.82, 2.24) is 0 Å². The van der Waals surface area contributed by atoms with Gasteiger partial charge in [0.25, 0.3) is 0 Å². The van der Waals surface area contributed by atoms with E-state index >= 15 is 0 Å². The number of carbonyl (C=O) groups is 1. The molecule has 0 aliphatic rings. The highest BCUT2D eigenvalue weighted by molar-refractivity contribution is 6.31. The second-order valence-corrected chi connectivity index (χ2v) is 3.48. The van der Waals surface area contributed by atoms with Crippen LogP contribution in [0.1, 0.15) is 5.56 Å². The second-order valence-electron chi connectivity index (χ2n) is 3.07. The number of benzene rings is 1. The van der Waals surface area contributed by atoms with Gasteiger partial charge in [-0.1, -0.05) is 11.6 Å². The fraction of sp³-hybridized carbons (Fsp3) is 0.300. The molecule has 0 heterocycles. The fourth-order valence-corrected chi connectivity index (χ4v) is 1.37. The quantitative estimate of drug-likeness (QED) is 0.803. The lowest BCUT2D eigenvalue weighted by atomic mass is 10.1. The van der Waals surface area contributed by atoms with Crippen molar-refractivity contribution in [1.29, 1.82) is 0 Å². The molecule has 0 fully saturated rings. The van der Waals surface area contributed by atoms with E-state index in [0.717, 1.165) is 0 Å². The minimum Gasteiger partial charge on any atom is -0.468 e. The minimum absolute atomic E-state index is 0.156. The van der Waals surface area contributed by atoms with E-state index in [0.29, 0.717) is 10.6 Å². The zero-order valence-corrected chi connectivity index (χ0v) is 8.92. The smallest absolute Gasteiger partial charge is 0.322 e. The summed E-state index contributed by atoms with van der Waals surface area (Å²) in [6.07, 6.45) is 0.156. The Kier molecular flexibility index (Phi) is 4.05. The Morgan fingerprint density at radius 3 is 2.93 bits per heavy atom. The van der Waals surface area contributed by atoms with Crippen molar-refractivity contribution >= 4 is 17.6 Å². The van der Waals surface area contributed by atoms with E-state index in [1.54, 1.807) is 0 Å². The highest BCUT2D eigenvalue weighted by Crippen LogP contribution is 2.18. The maximum atomic E-state index is 12.9. The van der Waals surface area contributed by atoms with Gasteiger partial charge in [0.05, 0.1) is 7.11 Å². The number of hydrogen-bond donors (Lipinski definition) is 1. The first-order valence-electron chi connectivity index (χ1n) is 4.32. The summed E-state index contributed by atoms with van der Waals surface area (Å²) in [4.78, 5) is 11.0. The van der Waals surface area contributed by atoms with Crippen LogP contribution in [0.5, 0.6) is 0 Å². The highest BCUT2D eigenvalue weighted by Gasteiger charge is 2.16. The topological polar surface area (TPSA) is 52.3 Å². The Morgan fingerprint density at radius 2 is 2.33 bits per heavy atom. The molecule has 15 heavy (non-hydrogen) atoms. The molecule has 3 nitrogen and oxygen atoms in total. The first-order chi connectivity index (χ1) is 7.04. The molecular formula is C10H11ClFNO2. The maximum absolute atomic E-state index is 12.9. The molecule has 0 aromatic heterocycles. The summed E-state index contributed by atoms with van der Waals surface area (Å²) in [6, 6.07) is 3.10. The molecular weight excluding hydrogens is 221 g/mol. The summed E-state index contributed by atoms with van der Waals surface area (Å²) >= 11 is 5.81. The van der Waals surface area contributed by atoms with Crippen molar-refractivity contribution in [3.8, 4) is 0 Å². The minimum atomic E-state index is -0.825. The molecule has 0 spiro atoms. The number of carbonyl (C=O) groups excluding carboxylic acids is 1. The van der Waals surface area contributed by atoms with Gasteiger partial charge in [0.15, 0.2) is 0 Å². The van der Waals surface area contributed by atoms with Gasteiger partial charge in [0, 0.05) is 5.02 Å². The molecule has 1 aromatic rings. The summed E-state index contributed by atoms with van der Waals surface area (Å²) in [6.45, 7) is 0. The van der Waals surface area contributed by atoms with E-state index in [1.807, 2.05) is 0 Å². The Balaban J connectivity index is 2.80. The number of ether oxygens (including phenoxy) is 1. The Labute approximate surface area is 92.0 Å². The summed E-state index contributed by atoms with van der Waals surface area (Å²) in [5, 5.41) is 0.385. The molecule has 0 amide bonds. The van der Waals surface area contributed by atoms with Crippen LogP contribution in [0.4, 0.5) is 4.39 Å². The van der Waals surface area contributed by atoms with Gasteiger partial charge < -0.3 is 10.5 Å². The summed E-state index contributed by atoms with van der Waals surface area (Å²) in [5.74, 6) is -0.957. The predicted octanol–water partition coefficient (Wildman–Crippen LogP) is 1.52. The molecule has 82 valence electrons. The lowest BCUT2D eigenvalue weighted by molar-refractivity contribution is -0.142. The van der Waals surface area contributed by atoms with Crippen molar-refractivity contribution in [2.24, 2.45) is 5.73 Å². The Hall–Kier alpha value is -1.13. The molecule has 0 radical (unpaired) electrons. The van der Waals surface area contributed by atoms with E-state index in [4.69, 9.17) is 17.3 Å². The number of nitrogens with two attached hydrogens (primary N) is 1. The van der Waals surface area contributed by atoms with Crippen LogP contribution < -0.4 is 5.73 Å². The monoisotopic (exact) mass is 231 g/mol. The van der Waals surface area contributed by atoms with Crippen LogP contribution in [-0.2, 0) is 16.0 Å². The number of halogens is 2. The number of hydrogen-bond acceptors (Lipinski definition) is 3. The lowest BCUT2D eigenvalue weighted by Crippen LogP contribution is -2.33. The summed E-state index contributed by atoms with van der Waals surface area (Å²) in [5.41, 5.74) is 6.02. The number of methoxy groups -OCH3 is 1. The molecule has 0 bridgehead atoms. The molecule has 2 N–H and O–H groups in total. The Morgan fingerprint density at radius 1 is 1.67 bits per heavy atom. The van der Waals surface area contributed by atoms with Crippen molar-refractivity contribution in [3.05, 3.63) is 34.6 Å². The van der Waals surface area contributed by atoms with Crippen molar-refractivity contribution in [2.75, 3.05) is 7.11 Å². The molecule has 5 heteroatoms. The van der Waals surface area contributed by atoms with Crippen LogP contribution >= 0.6 is 11.6 Å². The van der Waals surface area contributed by atoms with Gasteiger partial charge in [-0.25, -0.2) is 4.39 Å². The second kappa shape index (κ2) is 5.09. The third kappa shape index (κ3) is 3.18. The van der Waals surface area contributed by atoms with Crippen LogP contribution in [0.3, 0.4) is 0 Å². The van der Waals surface area contributed by atoms with Gasteiger partial charge in [0.2, 0.25) is 0 Å². The van der Waals surface area contributed by atoms with E-state index < -0.39 is 17.8 Å². The molecule has 0 aliphatic heterocycles. The van der Waals surface area contributed by atoms with Gasteiger partial charge >= 0.3 is 5.97 Å². The van der Waals surface area contributed by atoms with E-state index in [-0.39, 0.29) is 6.42 Å². The van der Waals surface area contributed by atoms with Gasteiger partial charge in [-0.15, -0.1) is 0 Å². The van der Waals surface area contributed by atoms with Crippen LogP contribution in [0.15, 0.2) is 18.2 Å². The van der Waals surface area contributed by atoms with Gasteiger partial charge in [-0.3, -0.25) is 4.79 Å². The third-order valence-electron chi connectivity index (χ3n) is 1.95. The molecule has 1 atom stereocenters. The molecule has 1 unspecified atom stereocenters. The Bertz CT molecular complexity index is 370. The van der Waals surface area contributed by atoms with Crippen molar-refractivity contribution in [2.45, 2.75) is 12.5 Å². The largest absolute Gasteiger partial charge is 0.468 e. The molecule has 1 aromatic carbocycles. The standard InChI is InChI=1S/C10H11ClFNO2/c1-15-10(14)9(13)5-6-4-7(12)2-3-8(6)11/h2-4,9H,5,13H2,1H3. The molecule has 0 aliphatic carbocycles. The van der Waals surface area contributed by atoms with Crippen molar-refractivity contribution < 1.29 is 13.9 Å². The zero-order chi connectivity index (χ0) is 11.4. The van der Waals surface area contributed by atoms with Gasteiger partial charge in [-0.05, 0) is 30.2 Å². The van der Waals surface area contributed by atoms with Gasteiger partial charge in [0.1, 0.15) is 11.9 Å². The molecule has 1 rings (SSSR count). The third-order valence-corrected chi connectivity index (χ3v) is 2.32. The van der Waals surface area contributed by atoms with Crippen LogP contribution in [-0.4, -0.2) is 19.1 Å². The first kappa shape index (κ1) is 11.9. The summed E-state index contributed by atoms with van der Waals surface area (Å²) in [7, 11) is 1.25. The average Bonchev–Trinajstić information content (AvgIpc) is 2.22. The average molecular weight is 232 g/mol. The van der Waals surface area contributed by atoms with E-state index in [1.165, 1.54) is 25.3 Å². The van der Waals surface area contributed by atoms with E-state index in [2.05, 4.69) is 4.74 Å². The van der Waals surface area contributed by atoms with Crippen LogP contribution in [0.2, 0.25) is 5.02 Å². The molecule has 0 saturated carbocycles. The molecule has 0 saturated heterocycles. The maximum Gasteiger partial charge on any atom is 0.322 e. The predicted molar refractivity (Wildman–Crippen MR) is 55.1 cm³/mol. The first-order valence-corrected chi connectivity index (χ1v) is 4.69. The number of rotatable bonds is 3. The fourth-order valence-electron chi connectivity index (χ4n) is 1.17. The lowest BCUT2D eigenvalue weighted by Gasteiger charge is -2.10. The van der Waals surface area contributed by atoms with Crippen LogP contribution in [0.25, 0.3) is 0 Å². The van der Waals surface area contributed by atoms with E-state index in [9.17, 15) is 9.18 Å².